The van der Waals surface area contributed by atoms with Crippen LogP contribution in [0.4, 0.5) is 0 Å². The van der Waals surface area contributed by atoms with Gasteiger partial charge < -0.3 is 19.9 Å². The summed E-state index contributed by atoms with van der Waals surface area (Å²) >= 11 is 0. The second kappa shape index (κ2) is 12.7. The van der Waals surface area contributed by atoms with Crippen LogP contribution in [-0.4, -0.2) is 77.6 Å². The van der Waals surface area contributed by atoms with Crippen molar-refractivity contribution in [3.63, 3.8) is 0 Å². The summed E-state index contributed by atoms with van der Waals surface area (Å²) in [6.07, 6.45) is 5.06. The van der Waals surface area contributed by atoms with Crippen molar-refractivity contribution < 1.29 is 4.74 Å². The maximum atomic E-state index is 5.42. The fourth-order valence-corrected chi connectivity index (χ4v) is 3.20. The molecule has 1 unspecified atom stereocenters. The number of aryl methyl sites for hydroxylation is 1. The molecule has 1 aromatic heterocycles. The Balaban J connectivity index is 1.83. The maximum Gasteiger partial charge on any atom is 0.191 e. The first-order chi connectivity index (χ1) is 13.6. The molecule has 0 amide bonds. The molecule has 2 heterocycles. The number of hydrogen-bond donors (Lipinski definition) is 2. The zero-order valence-corrected chi connectivity index (χ0v) is 18.2. The molecule has 0 aliphatic carbocycles. The predicted octanol–water partition coefficient (Wildman–Crippen LogP) is 1.53. The highest BCUT2D eigenvalue weighted by atomic mass is 16.5. The Morgan fingerprint density at radius 1 is 1.21 bits per heavy atom. The molecule has 0 radical (unpaired) electrons. The van der Waals surface area contributed by atoms with Crippen molar-refractivity contribution in [2.24, 2.45) is 10.9 Å². The Kier molecular flexibility index (Phi) is 10.3. The highest BCUT2D eigenvalue weighted by molar-refractivity contribution is 5.80. The summed E-state index contributed by atoms with van der Waals surface area (Å²) < 4.78 is 7.52. The summed E-state index contributed by atoms with van der Waals surface area (Å²) in [5.41, 5.74) is 0. The minimum absolute atomic E-state index is 0.401. The van der Waals surface area contributed by atoms with Crippen LogP contribution in [-0.2, 0) is 17.7 Å². The number of hydrogen-bond acceptors (Lipinski definition) is 5. The highest BCUT2D eigenvalue weighted by Gasteiger charge is 2.11. The van der Waals surface area contributed by atoms with E-state index in [-0.39, 0.29) is 0 Å². The zero-order chi connectivity index (χ0) is 20.2. The van der Waals surface area contributed by atoms with Crippen molar-refractivity contribution >= 4 is 5.96 Å². The zero-order valence-electron chi connectivity index (χ0n) is 18.2. The molecular weight excluding hydrogens is 354 g/mol. The molecule has 8 heteroatoms. The molecule has 0 bridgehead atoms. The lowest BCUT2D eigenvalue weighted by Crippen LogP contribution is -2.44. The third kappa shape index (κ3) is 8.56. The van der Waals surface area contributed by atoms with Gasteiger partial charge in [-0.1, -0.05) is 20.8 Å². The molecule has 0 spiro atoms. The Morgan fingerprint density at radius 2 is 2.00 bits per heavy atom. The minimum atomic E-state index is 0.401. The van der Waals surface area contributed by atoms with E-state index in [4.69, 9.17) is 9.73 Å². The molecular formula is C20H39N7O. The molecule has 0 saturated carbocycles. The van der Waals surface area contributed by atoms with Crippen molar-refractivity contribution in [3.8, 4) is 0 Å². The standard InChI is InChI=1S/C20H39N7O/c1-5-19-25-23-16-27(19)11-9-22-20(24-18(4)7-6-17(2)3)21-8-10-26-12-14-28-15-13-26/h16-18H,5-15H2,1-4H3,(H2,21,22,24). The van der Waals surface area contributed by atoms with Gasteiger partial charge in [0.2, 0.25) is 0 Å². The smallest absolute Gasteiger partial charge is 0.191 e. The number of guanidine groups is 1. The third-order valence-corrected chi connectivity index (χ3v) is 5.01. The van der Waals surface area contributed by atoms with Gasteiger partial charge in [0, 0.05) is 45.2 Å². The van der Waals surface area contributed by atoms with Crippen molar-refractivity contribution in [1.82, 2.24) is 30.3 Å². The van der Waals surface area contributed by atoms with Crippen LogP contribution < -0.4 is 10.6 Å². The fraction of sp³-hybridized carbons (Fsp3) is 0.850. The van der Waals surface area contributed by atoms with Gasteiger partial charge in [-0.25, -0.2) is 0 Å². The monoisotopic (exact) mass is 393 g/mol. The Morgan fingerprint density at radius 3 is 2.71 bits per heavy atom. The van der Waals surface area contributed by atoms with Gasteiger partial charge in [0.1, 0.15) is 12.2 Å². The van der Waals surface area contributed by atoms with Gasteiger partial charge >= 0.3 is 0 Å². The lowest BCUT2D eigenvalue weighted by molar-refractivity contribution is 0.0394. The van der Waals surface area contributed by atoms with E-state index >= 15 is 0 Å². The quantitative estimate of drug-likeness (QED) is 0.438. The Labute approximate surface area is 170 Å². The highest BCUT2D eigenvalue weighted by Crippen LogP contribution is 2.06. The molecule has 1 aliphatic rings. The minimum Gasteiger partial charge on any atom is -0.379 e. The average Bonchev–Trinajstić information content (AvgIpc) is 3.14. The summed E-state index contributed by atoms with van der Waals surface area (Å²) in [6.45, 7) is 15.9. The van der Waals surface area contributed by atoms with Crippen LogP contribution in [0.3, 0.4) is 0 Å². The molecule has 1 aliphatic heterocycles. The predicted molar refractivity (Wildman–Crippen MR) is 114 cm³/mol. The first kappa shape index (κ1) is 22.6. The summed E-state index contributed by atoms with van der Waals surface area (Å²) in [6, 6.07) is 0.401. The van der Waals surface area contributed by atoms with Crippen LogP contribution in [0.5, 0.6) is 0 Å². The normalized spacial score (nSPS) is 17.1. The largest absolute Gasteiger partial charge is 0.379 e. The van der Waals surface area contributed by atoms with Gasteiger partial charge in [0.25, 0.3) is 0 Å². The summed E-state index contributed by atoms with van der Waals surface area (Å²) in [7, 11) is 0. The van der Waals surface area contributed by atoms with E-state index in [0.717, 1.165) is 83.0 Å². The maximum absolute atomic E-state index is 5.42. The number of morpholine rings is 1. The number of nitrogens with one attached hydrogen (secondary N) is 2. The van der Waals surface area contributed by atoms with E-state index in [1.165, 1.54) is 6.42 Å². The number of aliphatic imine (C=N–C) groups is 1. The van der Waals surface area contributed by atoms with Crippen LogP contribution in [0.25, 0.3) is 0 Å². The van der Waals surface area contributed by atoms with Gasteiger partial charge in [-0.15, -0.1) is 10.2 Å². The molecule has 2 N–H and O–H groups in total. The topological polar surface area (TPSA) is 79.6 Å². The van der Waals surface area contributed by atoms with E-state index in [1.807, 2.05) is 0 Å². The van der Waals surface area contributed by atoms with E-state index in [0.29, 0.717) is 6.04 Å². The first-order valence-electron chi connectivity index (χ1n) is 10.8. The van der Waals surface area contributed by atoms with E-state index in [1.54, 1.807) is 6.33 Å². The van der Waals surface area contributed by atoms with E-state index in [2.05, 4.69) is 58.0 Å². The van der Waals surface area contributed by atoms with Crippen LogP contribution >= 0.6 is 0 Å². The third-order valence-electron chi connectivity index (χ3n) is 5.01. The number of ether oxygens (including phenoxy) is 1. The van der Waals surface area contributed by atoms with Gasteiger partial charge in [0.05, 0.1) is 19.8 Å². The van der Waals surface area contributed by atoms with Gasteiger partial charge in [-0.3, -0.25) is 9.89 Å². The fourth-order valence-electron chi connectivity index (χ4n) is 3.20. The van der Waals surface area contributed by atoms with Crippen molar-refractivity contribution in [3.05, 3.63) is 12.2 Å². The van der Waals surface area contributed by atoms with Crippen LogP contribution in [0.1, 0.15) is 46.4 Å². The SMILES string of the molecule is CCc1nncn1CCNC(=NCCN1CCOCC1)NC(C)CCC(C)C. The first-order valence-corrected chi connectivity index (χ1v) is 10.8. The lowest BCUT2D eigenvalue weighted by atomic mass is 10.0. The van der Waals surface area contributed by atoms with Crippen LogP contribution in [0, 0.1) is 5.92 Å². The van der Waals surface area contributed by atoms with Gasteiger partial charge in [-0.05, 0) is 25.7 Å². The molecule has 2 rings (SSSR count). The molecule has 1 atom stereocenters. The molecule has 0 aromatic carbocycles. The number of rotatable bonds is 11. The van der Waals surface area contributed by atoms with Crippen molar-refractivity contribution in [2.45, 2.75) is 59.5 Å². The van der Waals surface area contributed by atoms with Crippen molar-refractivity contribution in [2.75, 3.05) is 45.9 Å². The number of aromatic nitrogens is 3. The molecule has 1 fully saturated rings. The second-order valence-electron chi connectivity index (χ2n) is 7.92. The molecule has 160 valence electrons. The lowest BCUT2D eigenvalue weighted by Gasteiger charge is -2.26. The summed E-state index contributed by atoms with van der Waals surface area (Å²) in [5.74, 6) is 2.64. The molecule has 28 heavy (non-hydrogen) atoms. The summed E-state index contributed by atoms with van der Waals surface area (Å²) in [5, 5.41) is 15.2. The second-order valence-corrected chi connectivity index (χ2v) is 7.92. The summed E-state index contributed by atoms with van der Waals surface area (Å²) in [4.78, 5) is 7.23. The Hall–Kier alpha value is -1.67. The van der Waals surface area contributed by atoms with Crippen LogP contribution in [0.2, 0.25) is 0 Å². The van der Waals surface area contributed by atoms with Crippen LogP contribution in [0.15, 0.2) is 11.3 Å². The van der Waals surface area contributed by atoms with Gasteiger partial charge in [-0.2, -0.15) is 0 Å². The van der Waals surface area contributed by atoms with E-state index < -0.39 is 0 Å². The average molecular weight is 394 g/mol. The molecule has 8 nitrogen and oxygen atoms in total. The van der Waals surface area contributed by atoms with E-state index in [9.17, 15) is 0 Å². The van der Waals surface area contributed by atoms with Crippen molar-refractivity contribution in [1.29, 1.82) is 0 Å². The molecule has 1 saturated heterocycles. The Bertz CT molecular complexity index is 567. The van der Waals surface area contributed by atoms with Gasteiger partial charge in [0.15, 0.2) is 5.96 Å². The molecule has 1 aromatic rings. The number of nitrogens with zero attached hydrogens (tertiary/aromatic N) is 5.